The highest BCUT2D eigenvalue weighted by Gasteiger charge is 2.23. The zero-order chi connectivity index (χ0) is 7.49. The normalized spacial score (nSPS) is 17.6. The average Bonchev–Trinajstić information content (AvgIpc) is 1.65. The number of aliphatic carboxylic acids is 1. The highest BCUT2D eigenvalue weighted by atomic mass is 16.4. The summed E-state index contributed by atoms with van der Waals surface area (Å²) in [5.74, 6) is -1.17. The summed E-state index contributed by atoms with van der Waals surface area (Å²) in [6.07, 6.45) is 1.61. The molecule has 0 heterocycles. The van der Waals surface area contributed by atoms with Gasteiger partial charge in [-0.25, -0.2) is 4.79 Å². The number of carboxylic acid groups (broad SMARTS) is 1. The van der Waals surface area contributed by atoms with Crippen LogP contribution >= 0.6 is 0 Å². The van der Waals surface area contributed by atoms with Crippen LogP contribution in [0.4, 0.5) is 0 Å². The van der Waals surface area contributed by atoms with Crippen LogP contribution in [0.5, 0.6) is 0 Å². The molecule has 4 heteroatoms. The monoisotopic (exact) mass is 131 g/mol. The third kappa shape index (κ3) is 2.14. The van der Waals surface area contributed by atoms with E-state index in [0.717, 1.165) is 6.08 Å². The third-order valence-corrected chi connectivity index (χ3v) is 0.882. The number of hydrogen-bond donors (Lipinski definition) is 3. The van der Waals surface area contributed by atoms with Gasteiger partial charge in [-0.2, -0.15) is 0 Å². The summed E-state index contributed by atoms with van der Waals surface area (Å²) in [7, 11) is 0. The van der Waals surface area contributed by atoms with E-state index in [0.29, 0.717) is 6.26 Å². The van der Waals surface area contributed by atoms with Crippen molar-refractivity contribution >= 4 is 5.97 Å². The fraction of sp³-hybridized carbons (Fsp3) is 0.400. The Hall–Kier alpha value is -1.03. The molecule has 0 aromatic rings. The van der Waals surface area contributed by atoms with Crippen LogP contribution in [0.1, 0.15) is 6.92 Å². The van der Waals surface area contributed by atoms with Gasteiger partial charge in [0.2, 0.25) is 0 Å². The van der Waals surface area contributed by atoms with Crippen LogP contribution < -0.4 is 5.73 Å². The lowest BCUT2D eigenvalue weighted by Crippen LogP contribution is -2.42. The van der Waals surface area contributed by atoms with E-state index in [4.69, 9.17) is 15.9 Å². The maximum atomic E-state index is 10.1. The van der Waals surface area contributed by atoms with Gasteiger partial charge in [-0.15, -0.1) is 0 Å². The summed E-state index contributed by atoms with van der Waals surface area (Å²) in [5, 5.41) is 16.4. The first-order chi connectivity index (χ1) is 4.00. The summed E-state index contributed by atoms with van der Waals surface area (Å²) in [6.45, 7) is 1.28. The predicted octanol–water partition coefficient (Wildman–Crippen LogP) is -0.140. The molecule has 0 amide bonds. The molecule has 0 saturated carbocycles. The van der Waals surface area contributed by atoms with Gasteiger partial charge in [0.05, 0.1) is 6.26 Å². The standard InChI is InChI=1S/C5H9NO3/c1-5(6,2-3-7)4(8)9/h2-3,7H,6H2,1H3,(H,8,9)/b3-2+. The predicted molar refractivity (Wildman–Crippen MR) is 32.0 cm³/mol. The van der Waals surface area contributed by atoms with E-state index in [1.54, 1.807) is 0 Å². The number of nitrogens with two attached hydrogens (primary N) is 1. The molecular weight excluding hydrogens is 122 g/mol. The number of carbonyl (C=O) groups is 1. The number of rotatable bonds is 2. The van der Waals surface area contributed by atoms with E-state index in [1.807, 2.05) is 0 Å². The van der Waals surface area contributed by atoms with Gasteiger partial charge in [0.25, 0.3) is 0 Å². The van der Waals surface area contributed by atoms with Crippen LogP contribution in [0, 0.1) is 0 Å². The summed E-state index contributed by atoms with van der Waals surface area (Å²) < 4.78 is 0. The largest absolute Gasteiger partial charge is 0.516 e. The Morgan fingerprint density at radius 3 is 2.33 bits per heavy atom. The first kappa shape index (κ1) is 7.97. The molecule has 0 radical (unpaired) electrons. The minimum Gasteiger partial charge on any atom is -0.516 e. The summed E-state index contributed by atoms with van der Waals surface area (Å²) in [6, 6.07) is 0. The first-order valence-electron chi connectivity index (χ1n) is 2.35. The van der Waals surface area contributed by atoms with Crippen LogP contribution in [0.2, 0.25) is 0 Å². The molecule has 52 valence electrons. The number of hydrogen-bond acceptors (Lipinski definition) is 3. The van der Waals surface area contributed by atoms with Crippen LogP contribution in [0.25, 0.3) is 0 Å². The molecule has 0 aliphatic rings. The summed E-state index contributed by atoms with van der Waals surface area (Å²) >= 11 is 0. The van der Waals surface area contributed by atoms with Crippen molar-refractivity contribution < 1.29 is 15.0 Å². The molecule has 0 aliphatic carbocycles. The molecule has 9 heavy (non-hydrogen) atoms. The second kappa shape index (κ2) is 2.50. The van der Waals surface area contributed by atoms with Crippen molar-refractivity contribution in [3.8, 4) is 0 Å². The molecule has 0 bridgehead atoms. The second-order valence-corrected chi connectivity index (χ2v) is 1.90. The summed E-state index contributed by atoms with van der Waals surface area (Å²) in [4.78, 5) is 10.1. The maximum Gasteiger partial charge on any atom is 0.327 e. The molecule has 0 saturated heterocycles. The molecule has 4 N–H and O–H groups in total. The Morgan fingerprint density at radius 1 is 1.78 bits per heavy atom. The van der Waals surface area contributed by atoms with Crippen LogP contribution in [-0.2, 0) is 4.79 Å². The minimum atomic E-state index is -1.46. The smallest absolute Gasteiger partial charge is 0.327 e. The third-order valence-electron chi connectivity index (χ3n) is 0.882. The number of aliphatic hydroxyl groups excluding tert-OH is 1. The fourth-order valence-electron chi connectivity index (χ4n) is 0.226. The van der Waals surface area contributed by atoms with Gasteiger partial charge in [-0.1, -0.05) is 0 Å². The lowest BCUT2D eigenvalue weighted by Gasteiger charge is -2.11. The zero-order valence-electron chi connectivity index (χ0n) is 5.03. The van der Waals surface area contributed by atoms with Gasteiger partial charge in [0, 0.05) is 0 Å². The molecule has 1 unspecified atom stereocenters. The highest BCUT2D eigenvalue weighted by Crippen LogP contribution is 1.99. The molecule has 0 aliphatic heterocycles. The molecule has 0 fully saturated rings. The van der Waals surface area contributed by atoms with Gasteiger partial charge < -0.3 is 15.9 Å². The van der Waals surface area contributed by atoms with Crippen molar-refractivity contribution in [2.24, 2.45) is 5.73 Å². The maximum absolute atomic E-state index is 10.1. The molecule has 1 atom stereocenters. The van der Waals surface area contributed by atoms with Crippen LogP contribution in [-0.4, -0.2) is 21.7 Å². The molecular formula is C5H9NO3. The molecule has 0 rings (SSSR count). The van der Waals surface area contributed by atoms with Crippen molar-refractivity contribution in [1.29, 1.82) is 0 Å². The molecule has 0 spiro atoms. The minimum absolute atomic E-state index is 0.619. The van der Waals surface area contributed by atoms with E-state index in [9.17, 15) is 4.79 Å². The lowest BCUT2D eigenvalue weighted by atomic mass is 10.1. The second-order valence-electron chi connectivity index (χ2n) is 1.90. The van der Waals surface area contributed by atoms with Gasteiger partial charge in [-0.05, 0) is 13.0 Å². The first-order valence-corrected chi connectivity index (χ1v) is 2.35. The van der Waals surface area contributed by atoms with E-state index in [2.05, 4.69) is 0 Å². The van der Waals surface area contributed by atoms with Gasteiger partial charge in [-0.3, -0.25) is 0 Å². The van der Waals surface area contributed by atoms with Gasteiger partial charge in [0.1, 0.15) is 5.54 Å². The fourth-order valence-corrected chi connectivity index (χ4v) is 0.226. The molecule has 4 nitrogen and oxygen atoms in total. The van der Waals surface area contributed by atoms with E-state index in [1.165, 1.54) is 6.92 Å². The molecule has 0 aromatic heterocycles. The Kier molecular flexibility index (Phi) is 2.21. The molecule has 0 aromatic carbocycles. The number of carboxylic acids is 1. The van der Waals surface area contributed by atoms with Crippen LogP contribution in [0.3, 0.4) is 0 Å². The van der Waals surface area contributed by atoms with Crippen LogP contribution in [0.15, 0.2) is 12.3 Å². The topological polar surface area (TPSA) is 83.5 Å². The van der Waals surface area contributed by atoms with Crippen molar-refractivity contribution in [2.75, 3.05) is 0 Å². The van der Waals surface area contributed by atoms with Crippen molar-refractivity contribution in [2.45, 2.75) is 12.5 Å². The van der Waals surface area contributed by atoms with Crippen molar-refractivity contribution in [3.63, 3.8) is 0 Å². The highest BCUT2D eigenvalue weighted by molar-refractivity contribution is 5.80. The average molecular weight is 131 g/mol. The quantitative estimate of drug-likeness (QED) is 0.455. The van der Waals surface area contributed by atoms with Crippen molar-refractivity contribution in [3.05, 3.63) is 12.3 Å². The van der Waals surface area contributed by atoms with Crippen molar-refractivity contribution in [1.82, 2.24) is 0 Å². The van der Waals surface area contributed by atoms with E-state index < -0.39 is 11.5 Å². The SMILES string of the molecule is CC(N)(/C=C/O)C(=O)O. The van der Waals surface area contributed by atoms with E-state index in [-0.39, 0.29) is 0 Å². The van der Waals surface area contributed by atoms with Gasteiger partial charge in [0.15, 0.2) is 0 Å². The Bertz CT molecular complexity index is 139. The summed E-state index contributed by atoms with van der Waals surface area (Å²) in [5.41, 5.74) is 3.66. The van der Waals surface area contributed by atoms with Gasteiger partial charge >= 0.3 is 5.97 Å². The number of aliphatic hydroxyl groups is 1. The van der Waals surface area contributed by atoms with E-state index >= 15 is 0 Å². The lowest BCUT2D eigenvalue weighted by molar-refractivity contribution is -0.140. The Balaban J connectivity index is 4.19. The Morgan fingerprint density at radius 2 is 2.22 bits per heavy atom. The Labute approximate surface area is 52.6 Å². The zero-order valence-corrected chi connectivity index (χ0v) is 5.03.